The Balaban J connectivity index is 1.41. The third-order valence-corrected chi connectivity index (χ3v) is 6.83. The summed E-state index contributed by atoms with van der Waals surface area (Å²) in [5, 5.41) is 7.62. The highest BCUT2D eigenvalue weighted by Gasteiger charge is 2.20. The molecule has 27 heavy (non-hydrogen) atoms. The van der Waals surface area contributed by atoms with Crippen molar-refractivity contribution in [1.29, 1.82) is 0 Å². The van der Waals surface area contributed by atoms with Crippen LogP contribution < -0.4 is 10.6 Å². The first-order valence-electron chi connectivity index (χ1n) is 10.3. The predicted octanol–water partition coefficient (Wildman–Crippen LogP) is 3.49. The number of guanidine groups is 1. The molecule has 2 heterocycles. The Kier molecular flexibility index (Phi) is 8.27. The number of nitrogens with zero attached hydrogens (tertiary/aromatic N) is 2. The van der Waals surface area contributed by atoms with E-state index in [9.17, 15) is 4.39 Å². The maximum Gasteiger partial charge on any atom is 0.191 e. The van der Waals surface area contributed by atoms with E-state index in [2.05, 4.69) is 34.2 Å². The zero-order valence-electron chi connectivity index (χ0n) is 16.4. The molecular formula is C21H33FN4S. The summed E-state index contributed by atoms with van der Waals surface area (Å²) in [7, 11) is 0. The molecule has 0 radical (unpaired) electrons. The number of hydrogen-bond acceptors (Lipinski definition) is 3. The fraction of sp³-hybridized carbons (Fsp3) is 0.667. The number of likely N-dealkylation sites (tertiary alicyclic amines) is 1. The van der Waals surface area contributed by atoms with Crippen LogP contribution in [0.2, 0.25) is 0 Å². The van der Waals surface area contributed by atoms with Crippen LogP contribution in [-0.4, -0.2) is 54.6 Å². The van der Waals surface area contributed by atoms with Gasteiger partial charge in [0.1, 0.15) is 5.82 Å². The molecule has 0 bridgehead atoms. The fourth-order valence-electron chi connectivity index (χ4n) is 3.77. The normalized spacial score (nSPS) is 22.1. The van der Waals surface area contributed by atoms with Crippen molar-refractivity contribution in [3.63, 3.8) is 0 Å². The largest absolute Gasteiger partial charge is 0.357 e. The maximum atomic E-state index is 13.8. The number of benzene rings is 1. The first-order valence-corrected chi connectivity index (χ1v) is 11.4. The second-order valence-electron chi connectivity index (χ2n) is 7.55. The van der Waals surface area contributed by atoms with Gasteiger partial charge < -0.3 is 10.6 Å². The van der Waals surface area contributed by atoms with Crippen molar-refractivity contribution in [2.75, 3.05) is 38.5 Å². The Morgan fingerprint density at radius 3 is 2.74 bits per heavy atom. The molecule has 0 spiro atoms. The molecule has 0 aromatic heterocycles. The van der Waals surface area contributed by atoms with Crippen LogP contribution in [0.1, 0.15) is 38.2 Å². The lowest BCUT2D eigenvalue weighted by atomic mass is 9.96. The van der Waals surface area contributed by atoms with Gasteiger partial charge in [0.25, 0.3) is 0 Å². The lowest BCUT2D eigenvalue weighted by molar-refractivity contribution is 0.179. The quantitative estimate of drug-likeness (QED) is 0.550. The van der Waals surface area contributed by atoms with E-state index < -0.39 is 0 Å². The van der Waals surface area contributed by atoms with Gasteiger partial charge in [0.15, 0.2) is 5.96 Å². The van der Waals surface area contributed by atoms with Crippen LogP contribution in [-0.2, 0) is 6.54 Å². The number of thioether (sulfide) groups is 1. The molecular weight excluding hydrogens is 359 g/mol. The molecule has 0 aliphatic carbocycles. The molecule has 2 fully saturated rings. The third kappa shape index (κ3) is 6.68. The lowest BCUT2D eigenvalue weighted by Crippen LogP contribution is -2.41. The molecule has 6 heteroatoms. The topological polar surface area (TPSA) is 39.7 Å². The van der Waals surface area contributed by atoms with Crippen molar-refractivity contribution in [2.45, 2.75) is 44.4 Å². The summed E-state index contributed by atoms with van der Waals surface area (Å²) in [5.41, 5.74) is 0.803. The third-order valence-electron chi connectivity index (χ3n) is 5.43. The molecule has 1 aromatic rings. The van der Waals surface area contributed by atoms with Gasteiger partial charge in [-0.25, -0.2) is 4.39 Å². The van der Waals surface area contributed by atoms with Gasteiger partial charge in [-0.05, 0) is 63.4 Å². The highest BCUT2D eigenvalue weighted by Crippen LogP contribution is 2.25. The van der Waals surface area contributed by atoms with Gasteiger partial charge in [0.05, 0.1) is 0 Å². The monoisotopic (exact) mass is 392 g/mol. The molecule has 3 rings (SSSR count). The minimum Gasteiger partial charge on any atom is -0.357 e. The zero-order chi connectivity index (χ0) is 18.9. The van der Waals surface area contributed by atoms with Gasteiger partial charge in [-0.1, -0.05) is 18.2 Å². The summed E-state index contributed by atoms with van der Waals surface area (Å²) >= 11 is 2.07. The van der Waals surface area contributed by atoms with E-state index in [1.807, 2.05) is 12.1 Å². The minimum atomic E-state index is -0.0917. The highest BCUT2D eigenvalue weighted by molar-refractivity contribution is 8.00. The molecule has 2 saturated heterocycles. The van der Waals surface area contributed by atoms with Crippen LogP contribution >= 0.6 is 11.8 Å². The Bertz CT molecular complexity index is 596. The number of hydrogen-bond donors (Lipinski definition) is 2. The van der Waals surface area contributed by atoms with E-state index in [1.54, 1.807) is 12.1 Å². The number of piperidine rings is 1. The summed E-state index contributed by atoms with van der Waals surface area (Å²) in [4.78, 5) is 7.19. The summed E-state index contributed by atoms with van der Waals surface area (Å²) in [6, 6.07) is 7.11. The van der Waals surface area contributed by atoms with Crippen molar-refractivity contribution in [1.82, 2.24) is 15.5 Å². The van der Waals surface area contributed by atoms with Gasteiger partial charge in [0.2, 0.25) is 0 Å². The average molecular weight is 393 g/mol. The maximum absolute atomic E-state index is 13.8. The zero-order valence-corrected chi connectivity index (χ0v) is 17.2. The molecule has 1 aromatic carbocycles. The molecule has 2 aliphatic rings. The molecule has 150 valence electrons. The smallest absolute Gasteiger partial charge is 0.191 e. The van der Waals surface area contributed by atoms with Crippen molar-refractivity contribution in [3.05, 3.63) is 35.6 Å². The second-order valence-corrected chi connectivity index (χ2v) is 8.95. The number of aliphatic imine (C=N–C) groups is 1. The van der Waals surface area contributed by atoms with Gasteiger partial charge in [-0.2, -0.15) is 11.8 Å². The molecule has 0 saturated carbocycles. The van der Waals surface area contributed by atoms with Crippen LogP contribution in [0.5, 0.6) is 0 Å². The van der Waals surface area contributed by atoms with Gasteiger partial charge in [0, 0.05) is 37.0 Å². The van der Waals surface area contributed by atoms with E-state index in [0.29, 0.717) is 12.5 Å². The van der Waals surface area contributed by atoms with Crippen molar-refractivity contribution < 1.29 is 4.39 Å². The fourth-order valence-corrected chi connectivity index (χ4v) is 4.97. The van der Waals surface area contributed by atoms with Gasteiger partial charge in [-0.15, -0.1) is 0 Å². The second kappa shape index (κ2) is 10.9. The van der Waals surface area contributed by atoms with Crippen LogP contribution in [0.4, 0.5) is 4.39 Å². The van der Waals surface area contributed by atoms with E-state index >= 15 is 0 Å². The first-order chi connectivity index (χ1) is 13.2. The number of nitrogens with one attached hydrogen (secondary N) is 2. The average Bonchev–Trinajstić information content (AvgIpc) is 3.21. The van der Waals surface area contributed by atoms with Crippen molar-refractivity contribution >= 4 is 17.7 Å². The number of halogens is 1. The standard InChI is InChI=1S/C21H33FN4S/c1-2-23-21(25-15-19-7-5-13-27-19)24-14-17-9-11-26(12-10-17)16-18-6-3-4-8-20(18)22/h3-4,6,8,17,19H,2,5,7,9-16H2,1H3,(H2,23,24,25). The van der Waals surface area contributed by atoms with E-state index in [-0.39, 0.29) is 5.82 Å². The highest BCUT2D eigenvalue weighted by atomic mass is 32.2. The van der Waals surface area contributed by atoms with Crippen molar-refractivity contribution in [3.8, 4) is 0 Å². The molecule has 1 atom stereocenters. The summed E-state index contributed by atoms with van der Waals surface area (Å²) in [6.45, 7) is 7.66. The molecule has 2 aliphatic heterocycles. The van der Waals surface area contributed by atoms with Crippen LogP contribution in [0.3, 0.4) is 0 Å². The molecule has 4 nitrogen and oxygen atoms in total. The van der Waals surface area contributed by atoms with Crippen LogP contribution in [0.25, 0.3) is 0 Å². The van der Waals surface area contributed by atoms with E-state index in [0.717, 1.165) is 62.3 Å². The predicted molar refractivity (Wildman–Crippen MR) is 114 cm³/mol. The Labute approximate surface area is 167 Å². The van der Waals surface area contributed by atoms with E-state index in [4.69, 9.17) is 4.99 Å². The SMILES string of the molecule is CCNC(=NCC1CCN(Cc2ccccc2F)CC1)NCC1CCCS1. The van der Waals surface area contributed by atoms with Crippen LogP contribution in [0, 0.1) is 11.7 Å². The summed E-state index contributed by atoms with van der Waals surface area (Å²) in [5.74, 6) is 2.79. The van der Waals surface area contributed by atoms with Gasteiger partial charge >= 0.3 is 0 Å². The molecule has 2 N–H and O–H groups in total. The van der Waals surface area contributed by atoms with E-state index in [1.165, 1.54) is 18.6 Å². The Morgan fingerprint density at radius 2 is 2.04 bits per heavy atom. The summed E-state index contributed by atoms with van der Waals surface area (Å²) in [6.07, 6.45) is 4.93. The minimum absolute atomic E-state index is 0.0917. The first kappa shape index (κ1) is 20.5. The summed E-state index contributed by atoms with van der Waals surface area (Å²) < 4.78 is 13.8. The van der Waals surface area contributed by atoms with Crippen LogP contribution in [0.15, 0.2) is 29.3 Å². The number of rotatable bonds is 7. The van der Waals surface area contributed by atoms with Gasteiger partial charge in [-0.3, -0.25) is 9.89 Å². The molecule has 1 unspecified atom stereocenters. The lowest BCUT2D eigenvalue weighted by Gasteiger charge is -2.31. The Hall–Kier alpha value is -1.27. The molecule has 0 amide bonds. The van der Waals surface area contributed by atoms with Crippen molar-refractivity contribution in [2.24, 2.45) is 10.9 Å². The Morgan fingerprint density at radius 1 is 1.22 bits per heavy atom.